The van der Waals surface area contributed by atoms with Crippen molar-refractivity contribution in [3.63, 3.8) is 0 Å². The van der Waals surface area contributed by atoms with Gasteiger partial charge in [0.15, 0.2) is 0 Å². The maximum atomic E-state index is 12.6. The summed E-state index contributed by atoms with van der Waals surface area (Å²) < 4.78 is 10.8. The van der Waals surface area contributed by atoms with Crippen molar-refractivity contribution in [3.05, 3.63) is 45.6 Å². The zero-order valence-corrected chi connectivity index (χ0v) is 11.6. The zero-order valence-electron chi connectivity index (χ0n) is 11.6. The quantitative estimate of drug-likeness (QED) is 0.707. The fourth-order valence-corrected chi connectivity index (χ4v) is 2.53. The number of phenols is 1. The average molecular weight is 286 g/mol. The summed E-state index contributed by atoms with van der Waals surface area (Å²) in [5, 5.41) is 19.9. The van der Waals surface area contributed by atoms with E-state index in [0.29, 0.717) is 16.9 Å². The van der Waals surface area contributed by atoms with Crippen LogP contribution in [-0.4, -0.2) is 17.3 Å². The van der Waals surface area contributed by atoms with Gasteiger partial charge in [-0.3, -0.25) is 4.79 Å². The van der Waals surface area contributed by atoms with Crippen LogP contribution in [0.15, 0.2) is 33.5 Å². The third-order valence-electron chi connectivity index (χ3n) is 3.46. The first-order chi connectivity index (χ1) is 10.0. The first-order valence-corrected chi connectivity index (χ1v) is 6.43. The van der Waals surface area contributed by atoms with Crippen LogP contribution in [0.25, 0.3) is 21.9 Å². The van der Waals surface area contributed by atoms with Gasteiger partial charge in [0.25, 0.3) is 0 Å². The summed E-state index contributed by atoms with van der Waals surface area (Å²) in [5.74, 6) is 0.196. The molecule has 3 aromatic rings. The highest BCUT2D eigenvalue weighted by Gasteiger charge is 2.16. The molecule has 21 heavy (non-hydrogen) atoms. The largest absolute Gasteiger partial charge is 0.507 e. The zero-order chi connectivity index (χ0) is 15.1. The number of ether oxygens (including phenoxy) is 1. The Kier molecular flexibility index (Phi) is 3.07. The maximum Gasteiger partial charge on any atom is 0.204 e. The van der Waals surface area contributed by atoms with E-state index in [4.69, 9.17) is 9.15 Å². The van der Waals surface area contributed by atoms with E-state index in [1.54, 1.807) is 18.2 Å². The predicted molar refractivity (Wildman–Crippen MR) is 78.9 cm³/mol. The van der Waals surface area contributed by atoms with Crippen LogP contribution in [-0.2, 0) is 6.61 Å². The molecular weight excluding hydrogens is 272 g/mol. The number of phenolic OH excluding ortho intramolecular Hbond substituents is 1. The van der Waals surface area contributed by atoms with Crippen LogP contribution >= 0.6 is 0 Å². The summed E-state index contributed by atoms with van der Waals surface area (Å²) in [4.78, 5) is 12.6. The lowest BCUT2D eigenvalue weighted by atomic mass is 10.0. The molecule has 0 radical (unpaired) electrons. The summed E-state index contributed by atoms with van der Waals surface area (Å²) in [6.07, 6.45) is 0. The smallest absolute Gasteiger partial charge is 0.204 e. The first-order valence-electron chi connectivity index (χ1n) is 6.43. The predicted octanol–water partition coefficient (Wildman–Crippen LogP) is 2.46. The Morgan fingerprint density at radius 2 is 1.86 bits per heavy atom. The molecule has 0 amide bonds. The molecule has 0 aliphatic rings. The van der Waals surface area contributed by atoms with E-state index in [1.165, 1.54) is 13.2 Å². The number of aryl methyl sites for hydroxylation is 1. The third-order valence-corrected chi connectivity index (χ3v) is 3.46. The van der Waals surface area contributed by atoms with Gasteiger partial charge >= 0.3 is 0 Å². The molecule has 1 aromatic heterocycles. The maximum absolute atomic E-state index is 12.6. The van der Waals surface area contributed by atoms with Gasteiger partial charge in [0.2, 0.25) is 5.43 Å². The molecule has 1 heterocycles. The highest BCUT2D eigenvalue weighted by atomic mass is 16.5. The van der Waals surface area contributed by atoms with E-state index >= 15 is 0 Å². The Morgan fingerprint density at radius 3 is 2.52 bits per heavy atom. The molecule has 0 atom stereocenters. The molecule has 0 spiro atoms. The lowest BCUT2D eigenvalue weighted by molar-refractivity contribution is 0.283. The normalized spacial score (nSPS) is 11.2. The number of fused-ring (bicyclic) bond motifs is 2. The second kappa shape index (κ2) is 4.79. The molecule has 2 N–H and O–H groups in total. The molecule has 0 aliphatic heterocycles. The Bertz CT molecular complexity index is 907. The van der Waals surface area contributed by atoms with Crippen molar-refractivity contribution >= 4 is 21.9 Å². The van der Waals surface area contributed by atoms with E-state index in [-0.39, 0.29) is 34.1 Å². The fourth-order valence-electron chi connectivity index (χ4n) is 2.53. The number of hydrogen-bond acceptors (Lipinski definition) is 5. The first kappa shape index (κ1) is 13.5. The van der Waals surface area contributed by atoms with E-state index in [9.17, 15) is 15.0 Å². The molecule has 5 heteroatoms. The number of methoxy groups -OCH3 is 1. The third kappa shape index (κ3) is 2.02. The van der Waals surface area contributed by atoms with Gasteiger partial charge in [-0.05, 0) is 24.1 Å². The van der Waals surface area contributed by atoms with Crippen molar-refractivity contribution in [2.45, 2.75) is 13.5 Å². The van der Waals surface area contributed by atoms with E-state index in [0.717, 1.165) is 5.56 Å². The van der Waals surface area contributed by atoms with Gasteiger partial charge < -0.3 is 19.4 Å². The number of rotatable bonds is 2. The number of benzene rings is 2. The average Bonchev–Trinajstić information content (AvgIpc) is 2.45. The van der Waals surface area contributed by atoms with Gasteiger partial charge in [-0.2, -0.15) is 0 Å². The second-order valence-corrected chi connectivity index (χ2v) is 4.91. The number of aromatic hydroxyl groups is 1. The second-order valence-electron chi connectivity index (χ2n) is 4.91. The lowest BCUT2D eigenvalue weighted by Gasteiger charge is -2.09. The van der Waals surface area contributed by atoms with Crippen molar-refractivity contribution in [1.29, 1.82) is 0 Å². The van der Waals surface area contributed by atoms with Crippen molar-refractivity contribution in [1.82, 2.24) is 0 Å². The minimum atomic E-state index is -0.365. The summed E-state index contributed by atoms with van der Waals surface area (Å²) >= 11 is 0. The molecule has 5 nitrogen and oxygen atoms in total. The molecule has 0 aliphatic carbocycles. The van der Waals surface area contributed by atoms with Crippen LogP contribution in [0.3, 0.4) is 0 Å². The number of hydrogen-bond donors (Lipinski definition) is 2. The molecule has 0 unspecified atom stereocenters. The van der Waals surface area contributed by atoms with Crippen molar-refractivity contribution in [3.8, 4) is 11.5 Å². The molecule has 0 bridgehead atoms. The molecular formula is C16H14O5. The summed E-state index contributed by atoms with van der Waals surface area (Å²) in [6.45, 7) is 1.58. The highest BCUT2D eigenvalue weighted by molar-refractivity contribution is 5.95. The van der Waals surface area contributed by atoms with Crippen LogP contribution in [0.5, 0.6) is 11.5 Å². The van der Waals surface area contributed by atoms with Crippen LogP contribution in [0.4, 0.5) is 0 Å². The van der Waals surface area contributed by atoms with E-state index in [1.807, 2.05) is 6.92 Å². The Morgan fingerprint density at radius 1 is 1.14 bits per heavy atom. The summed E-state index contributed by atoms with van der Waals surface area (Å²) in [6, 6.07) is 6.37. The Labute approximate surface area is 120 Å². The van der Waals surface area contributed by atoms with Gasteiger partial charge in [0, 0.05) is 12.1 Å². The minimum absolute atomic E-state index is 0.0850. The van der Waals surface area contributed by atoms with Gasteiger partial charge in [0.1, 0.15) is 28.1 Å². The van der Waals surface area contributed by atoms with Crippen LogP contribution in [0.1, 0.15) is 11.1 Å². The number of aliphatic hydroxyl groups excluding tert-OH is 1. The van der Waals surface area contributed by atoms with Gasteiger partial charge in [0.05, 0.1) is 19.1 Å². The van der Waals surface area contributed by atoms with E-state index < -0.39 is 0 Å². The SMILES string of the molecule is COc1cc(O)c2c(=O)c3c(CO)cc(C)cc3oc2c1. The molecule has 3 rings (SSSR count). The summed E-state index contributed by atoms with van der Waals surface area (Å²) in [7, 11) is 1.47. The van der Waals surface area contributed by atoms with Gasteiger partial charge in [-0.1, -0.05) is 6.07 Å². The lowest BCUT2D eigenvalue weighted by Crippen LogP contribution is -2.06. The monoisotopic (exact) mass is 286 g/mol. The van der Waals surface area contributed by atoms with Crippen LogP contribution < -0.4 is 10.2 Å². The summed E-state index contributed by atoms with van der Waals surface area (Å²) in [5.41, 5.74) is 1.62. The van der Waals surface area contributed by atoms with E-state index in [2.05, 4.69) is 0 Å². The number of aliphatic hydroxyl groups is 1. The van der Waals surface area contributed by atoms with Crippen molar-refractivity contribution in [2.75, 3.05) is 7.11 Å². The van der Waals surface area contributed by atoms with Crippen LogP contribution in [0.2, 0.25) is 0 Å². The van der Waals surface area contributed by atoms with Gasteiger partial charge in [-0.25, -0.2) is 0 Å². The highest BCUT2D eigenvalue weighted by Crippen LogP contribution is 2.31. The topological polar surface area (TPSA) is 79.9 Å². The minimum Gasteiger partial charge on any atom is -0.507 e. The molecule has 108 valence electrons. The molecule has 2 aromatic carbocycles. The van der Waals surface area contributed by atoms with Crippen LogP contribution in [0, 0.1) is 6.92 Å². The van der Waals surface area contributed by atoms with Crippen molar-refractivity contribution in [2.24, 2.45) is 0 Å². The standard InChI is InChI=1S/C16H14O5/c1-8-3-9(7-17)14-12(4-8)21-13-6-10(20-2)5-11(18)15(13)16(14)19/h3-6,17-18H,7H2,1-2H3. The molecule has 0 saturated heterocycles. The fraction of sp³-hybridized carbons (Fsp3) is 0.188. The van der Waals surface area contributed by atoms with Crippen molar-refractivity contribution < 1.29 is 19.4 Å². The molecule has 0 fully saturated rings. The Balaban J connectivity index is 2.55. The Hall–Kier alpha value is -2.53. The molecule has 0 saturated carbocycles. The van der Waals surface area contributed by atoms with Gasteiger partial charge in [-0.15, -0.1) is 0 Å².